The van der Waals surface area contributed by atoms with Gasteiger partial charge in [-0.3, -0.25) is 0 Å². The molecule has 0 saturated carbocycles. The van der Waals surface area contributed by atoms with Gasteiger partial charge in [0.2, 0.25) is 0 Å². The molecule has 1 aromatic carbocycles. The van der Waals surface area contributed by atoms with Gasteiger partial charge in [-0.2, -0.15) is 0 Å². The lowest BCUT2D eigenvalue weighted by Crippen LogP contribution is -2.64. The molecule has 0 spiro atoms. The Labute approximate surface area is 155 Å². The Hall–Kier alpha value is -1.19. The summed E-state index contributed by atoms with van der Waals surface area (Å²) in [5.41, 5.74) is 0.487. The van der Waals surface area contributed by atoms with Gasteiger partial charge in [-0.05, 0) is 38.1 Å². The van der Waals surface area contributed by atoms with Crippen molar-refractivity contribution in [2.24, 2.45) is 0 Å². The zero-order chi connectivity index (χ0) is 18.6. The summed E-state index contributed by atoms with van der Waals surface area (Å²) in [6, 6.07) is 6.96. The predicted molar refractivity (Wildman–Crippen MR) is 96.0 cm³/mol. The highest BCUT2D eigenvalue weighted by molar-refractivity contribution is 9.10. The third kappa shape index (κ3) is 4.32. The normalized spacial score (nSPS) is 29.4. The van der Waals surface area contributed by atoms with Crippen LogP contribution in [0.1, 0.15) is 13.8 Å². The van der Waals surface area contributed by atoms with E-state index >= 15 is 0 Å². The van der Waals surface area contributed by atoms with Gasteiger partial charge in [-0.1, -0.05) is 15.9 Å². The molecule has 140 valence electrons. The zero-order valence-electron chi connectivity index (χ0n) is 14.7. The molecule has 1 heterocycles. The molecule has 0 unspecified atom stereocenters. The molecule has 1 aliphatic rings. The lowest BCUT2D eigenvalue weighted by Gasteiger charge is -2.47. The highest BCUT2D eigenvalue weighted by atomic mass is 79.9. The van der Waals surface area contributed by atoms with Crippen LogP contribution in [0.3, 0.4) is 0 Å². The Balaban J connectivity index is 2.41. The first kappa shape index (κ1) is 20.1. The second-order valence-electron chi connectivity index (χ2n) is 5.68. The molecule has 1 fully saturated rings. The van der Waals surface area contributed by atoms with Crippen molar-refractivity contribution in [3.05, 3.63) is 28.7 Å². The van der Waals surface area contributed by atoms with E-state index in [0.717, 1.165) is 9.37 Å². The predicted octanol–water partition coefficient (Wildman–Crippen LogP) is 3.11. The fourth-order valence-corrected chi connectivity index (χ4v) is 3.39. The van der Waals surface area contributed by atoms with Crippen LogP contribution in [0.2, 0.25) is 0 Å². The first-order valence-electron chi connectivity index (χ1n) is 8.04. The largest absolute Gasteiger partial charge is 0.465 e. The van der Waals surface area contributed by atoms with Gasteiger partial charge in [-0.15, -0.1) is 0 Å². The quantitative estimate of drug-likeness (QED) is 0.765. The number of carboxylic acid groups (broad SMARTS) is 1. The van der Waals surface area contributed by atoms with Crippen molar-refractivity contribution < 1.29 is 28.8 Å². The van der Waals surface area contributed by atoms with Crippen LogP contribution in [-0.4, -0.2) is 62.7 Å². The van der Waals surface area contributed by atoms with Crippen molar-refractivity contribution in [1.29, 1.82) is 0 Å². The Morgan fingerprint density at radius 1 is 1.20 bits per heavy atom. The Morgan fingerprint density at radius 2 is 1.80 bits per heavy atom. The van der Waals surface area contributed by atoms with Gasteiger partial charge in [-0.25, -0.2) is 9.69 Å². The van der Waals surface area contributed by atoms with Gasteiger partial charge in [0.05, 0.1) is 6.10 Å². The van der Waals surface area contributed by atoms with Crippen molar-refractivity contribution in [2.75, 3.05) is 25.7 Å². The summed E-state index contributed by atoms with van der Waals surface area (Å²) in [4.78, 5) is 13.1. The zero-order valence-corrected chi connectivity index (χ0v) is 16.3. The number of anilines is 1. The summed E-state index contributed by atoms with van der Waals surface area (Å²) in [6.07, 6.45) is -3.81. The summed E-state index contributed by atoms with van der Waals surface area (Å²) in [5, 5.41) is 9.79. The minimum absolute atomic E-state index is 0.360. The first-order valence-corrected chi connectivity index (χ1v) is 8.84. The minimum Gasteiger partial charge on any atom is -0.465 e. The number of rotatable bonds is 6. The first-order chi connectivity index (χ1) is 11.9. The number of benzene rings is 1. The maximum atomic E-state index is 12.0. The molecule has 0 aliphatic carbocycles. The molecule has 0 bridgehead atoms. The Morgan fingerprint density at radius 3 is 2.28 bits per heavy atom. The summed E-state index contributed by atoms with van der Waals surface area (Å²) < 4.78 is 23.7. The minimum atomic E-state index is -1.13. The molecule has 1 saturated heterocycles. The van der Waals surface area contributed by atoms with Crippen LogP contribution in [0.25, 0.3) is 0 Å². The van der Waals surface area contributed by atoms with Crippen LogP contribution in [-0.2, 0) is 18.9 Å². The van der Waals surface area contributed by atoms with E-state index in [1.54, 1.807) is 31.4 Å². The highest BCUT2D eigenvalue weighted by Gasteiger charge is 2.49. The lowest BCUT2D eigenvalue weighted by molar-refractivity contribution is -0.241. The molecule has 1 N–H and O–H groups in total. The fourth-order valence-electron chi connectivity index (χ4n) is 3.13. The van der Waals surface area contributed by atoms with Gasteiger partial charge < -0.3 is 24.1 Å². The summed E-state index contributed by atoms with van der Waals surface area (Å²) in [6.45, 7) is 4.16. The molecule has 5 atom stereocenters. The average Bonchev–Trinajstić information content (AvgIpc) is 2.57. The molecule has 2 rings (SSSR count). The third-order valence-electron chi connectivity index (χ3n) is 4.21. The molecule has 0 aromatic heterocycles. The van der Waals surface area contributed by atoms with Crippen LogP contribution >= 0.6 is 15.9 Å². The van der Waals surface area contributed by atoms with Crippen molar-refractivity contribution in [3.63, 3.8) is 0 Å². The van der Waals surface area contributed by atoms with Gasteiger partial charge >= 0.3 is 6.09 Å². The number of nitrogens with zero attached hydrogens (tertiary/aromatic N) is 1. The Bertz CT molecular complexity index is 569. The SMILES string of the molecule is CCO[C@H]1[C@@H](OC)[C@H](C)O[C@H](N(C(=O)O)c2ccc(Br)cc2)[C@H]1OC. The van der Waals surface area contributed by atoms with Crippen LogP contribution in [0.5, 0.6) is 0 Å². The number of carbonyl (C=O) groups is 1. The monoisotopic (exact) mass is 417 g/mol. The molecule has 7 nitrogen and oxygen atoms in total. The third-order valence-corrected chi connectivity index (χ3v) is 4.74. The van der Waals surface area contributed by atoms with Gasteiger partial charge in [0.25, 0.3) is 0 Å². The van der Waals surface area contributed by atoms with E-state index in [0.29, 0.717) is 12.3 Å². The molecule has 1 aromatic rings. The number of ether oxygens (including phenoxy) is 4. The number of halogens is 1. The second-order valence-corrected chi connectivity index (χ2v) is 6.60. The van der Waals surface area contributed by atoms with Gasteiger partial charge in [0.15, 0.2) is 6.23 Å². The summed E-state index contributed by atoms with van der Waals surface area (Å²) in [5.74, 6) is 0. The van der Waals surface area contributed by atoms with Crippen LogP contribution in [0.4, 0.5) is 10.5 Å². The smallest absolute Gasteiger partial charge is 0.414 e. The summed E-state index contributed by atoms with van der Waals surface area (Å²) in [7, 11) is 3.09. The Kier molecular flexibility index (Phi) is 7.21. The molecular weight excluding hydrogens is 394 g/mol. The standard InChI is InChI=1S/C17H24BrNO6/c1-5-24-14-13(22-3)10(2)25-16(15(14)23-4)19(17(20)21)12-8-6-11(18)7-9-12/h6-10,13-16H,5H2,1-4H3,(H,20,21)/t10-,13-,14-,15-,16-/m0/s1. The van der Waals surface area contributed by atoms with Crippen LogP contribution in [0.15, 0.2) is 28.7 Å². The van der Waals surface area contributed by atoms with Crippen molar-refractivity contribution in [1.82, 2.24) is 0 Å². The topological polar surface area (TPSA) is 77.5 Å². The maximum absolute atomic E-state index is 12.0. The fraction of sp³-hybridized carbons (Fsp3) is 0.588. The number of methoxy groups -OCH3 is 2. The van der Waals surface area contributed by atoms with Crippen molar-refractivity contribution in [3.8, 4) is 0 Å². The van der Waals surface area contributed by atoms with E-state index in [1.165, 1.54) is 7.11 Å². The van der Waals surface area contributed by atoms with Crippen LogP contribution < -0.4 is 4.90 Å². The van der Waals surface area contributed by atoms with Crippen LogP contribution in [0, 0.1) is 0 Å². The number of hydrogen-bond donors (Lipinski definition) is 1. The van der Waals surface area contributed by atoms with Crippen molar-refractivity contribution in [2.45, 2.75) is 44.5 Å². The van der Waals surface area contributed by atoms with Gasteiger partial charge in [0, 0.05) is 31.0 Å². The number of amides is 1. The molecule has 8 heteroatoms. The van der Waals surface area contributed by atoms with E-state index in [2.05, 4.69) is 15.9 Å². The van der Waals surface area contributed by atoms with Crippen molar-refractivity contribution >= 4 is 27.7 Å². The second kappa shape index (κ2) is 8.95. The number of hydrogen-bond acceptors (Lipinski definition) is 5. The maximum Gasteiger partial charge on any atom is 0.414 e. The average molecular weight is 418 g/mol. The molecule has 1 aliphatic heterocycles. The molecule has 1 amide bonds. The highest BCUT2D eigenvalue weighted by Crippen LogP contribution is 2.32. The molecule has 25 heavy (non-hydrogen) atoms. The van der Waals surface area contributed by atoms with E-state index in [9.17, 15) is 9.90 Å². The van der Waals surface area contributed by atoms with E-state index in [-0.39, 0.29) is 12.2 Å². The van der Waals surface area contributed by atoms with E-state index in [1.807, 2.05) is 13.8 Å². The lowest BCUT2D eigenvalue weighted by atomic mass is 9.97. The van der Waals surface area contributed by atoms with Gasteiger partial charge in [0.1, 0.15) is 18.3 Å². The summed E-state index contributed by atoms with van der Waals surface area (Å²) >= 11 is 3.35. The molecule has 0 radical (unpaired) electrons. The van der Waals surface area contributed by atoms with E-state index in [4.69, 9.17) is 18.9 Å². The van der Waals surface area contributed by atoms with E-state index < -0.39 is 24.5 Å². The molecular formula is C17H24BrNO6.